The Morgan fingerprint density at radius 3 is 2.89 bits per heavy atom. The molecular formula is C13H19ClN2O2. The van der Waals surface area contributed by atoms with Crippen molar-refractivity contribution in [3.05, 3.63) is 23.2 Å². The number of nitrogens with two attached hydrogens (primary N) is 1. The van der Waals surface area contributed by atoms with Crippen LogP contribution in [0.4, 0.5) is 11.4 Å². The van der Waals surface area contributed by atoms with Gasteiger partial charge in [0.25, 0.3) is 0 Å². The highest BCUT2D eigenvalue weighted by Gasteiger charge is 2.06. The maximum atomic E-state index is 11.6. The number of carbonyl (C=O) groups is 1. The molecule has 18 heavy (non-hydrogen) atoms. The van der Waals surface area contributed by atoms with E-state index in [0.29, 0.717) is 29.4 Å². The van der Waals surface area contributed by atoms with Gasteiger partial charge in [-0.15, -0.1) is 0 Å². The third kappa shape index (κ3) is 4.94. The average Bonchev–Trinajstić information content (AvgIpc) is 2.32. The normalized spacial score (nSPS) is 12.2. The number of nitrogens with one attached hydrogen (secondary N) is 1. The van der Waals surface area contributed by atoms with Gasteiger partial charge in [0, 0.05) is 5.02 Å². The molecule has 0 saturated heterocycles. The number of hydrogen-bond acceptors (Lipinski definition) is 3. The maximum Gasteiger partial charge on any atom is 0.226 e. The summed E-state index contributed by atoms with van der Waals surface area (Å²) in [4.78, 5) is 11.6. The molecule has 0 aliphatic heterocycles. The molecule has 100 valence electrons. The molecule has 0 aliphatic rings. The number of nitrogen functional groups attached to an aromatic ring is 1. The van der Waals surface area contributed by atoms with Crippen molar-refractivity contribution < 1.29 is 9.53 Å². The van der Waals surface area contributed by atoms with E-state index in [9.17, 15) is 4.79 Å². The van der Waals surface area contributed by atoms with Gasteiger partial charge in [-0.25, -0.2) is 0 Å². The van der Waals surface area contributed by atoms with E-state index < -0.39 is 0 Å². The van der Waals surface area contributed by atoms with Crippen LogP contribution in [-0.2, 0) is 9.53 Å². The quantitative estimate of drug-likeness (QED) is 0.781. The Morgan fingerprint density at radius 2 is 2.28 bits per heavy atom. The molecule has 1 rings (SSSR count). The Kier molecular flexibility index (Phi) is 5.95. The first-order valence-corrected chi connectivity index (χ1v) is 6.37. The van der Waals surface area contributed by atoms with Gasteiger partial charge >= 0.3 is 0 Å². The fourth-order valence-electron chi connectivity index (χ4n) is 1.33. The van der Waals surface area contributed by atoms with Crippen LogP contribution in [0.3, 0.4) is 0 Å². The lowest BCUT2D eigenvalue weighted by molar-refractivity contribution is -0.117. The Labute approximate surface area is 112 Å². The molecule has 1 aromatic carbocycles. The molecule has 1 atom stereocenters. The van der Waals surface area contributed by atoms with Crippen molar-refractivity contribution in [1.82, 2.24) is 0 Å². The smallest absolute Gasteiger partial charge is 0.226 e. The summed E-state index contributed by atoms with van der Waals surface area (Å²) in [5, 5.41) is 3.27. The summed E-state index contributed by atoms with van der Waals surface area (Å²) in [6.07, 6.45) is 1.43. The molecule has 0 aromatic heterocycles. The summed E-state index contributed by atoms with van der Waals surface area (Å²) in [5.74, 6) is -0.118. The molecule has 0 radical (unpaired) electrons. The van der Waals surface area contributed by atoms with Gasteiger partial charge in [0.15, 0.2) is 0 Å². The first-order valence-electron chi connectivity index (χ1n) is 5.99. The van der Waals surface area contributed by atoms with Crippen LogP contribution in [0.15, 0.2) is 18.2 Å². The number of benzene rings is 1. The van der Waals surface area contributed by atoms with Gasteiger partial charge in [-0.05, 0) is 31.5 Å². The van der Waals surface area contributed by atoms with Gasteiger partial charge in [0.1, 0.15) is 0 Å². The summed E-state index contributed by atoms with van der Waals surface area (Å²) in [5.41, 5.74) is 6.77. The summed E-state index contributed by atoms with van der Waals surface area (Å²) >= 11 is 5.78. The highest BCUT2D eigenvalue weighted by atomic mass is 35.5. The van der Waals surface area contributed by atoms with Gasteiger partial charge < -0.3 is 15.8 Å². The molecule has 1 aromatic rings. The van der Waals surface area contributed by atoms with Crippen molar-refractivity contribution >= 4 is 28.9 Å². The number of rotatable bonds is 6. The van der Waals surface area contributed by atoms with Crippen LogP contribution in [-0.4, -0.2) is 18.6 Å². The van der Waals surface area contributed by atoms with E-state index in [0.717, 1.165) is 6.42 Å². The number of halogens is 1. The fourth-order valence-corrected chi connectivity index (χ4v) is 1.51. The Bertz CT molecular complexity index is 410. The van der Waals surface area contributed by atoms with E-state index in [4.69, 9.17) is 22.1 Å². The minimum Gasteiger partial charge on any atom is -0.397 e. The highest BCUT2D eigenvalue weighted by Crippen LogP contribution is 2.22. The second-order valence-corrected chi connectivity index (χ2v) is 4.56. The molecule has 0 bridgehead atoms. The number of carbonyl (C=O) groups excluding carboxylic acids is 1. The number of amides is 1. The van der Waals surface area contributed by atoms with E-state index in [-0.39, 0.29) is 12.0 Å². The third-order valence-corrected chi connectivity index (χ3v) is 2.83. The molecular weight excluding hydrogens is 252 g/mol. The second kappa shape index (κ2) is 7.24. The van der Waals surface area contributed by atoms with Gasteiger partial charge in [-0.3, -0.25) is 4.79 Å². The van der Waals surface area contributed by atoms with Gasteiger partial charge in [0.05, 0.1) is 30.5 Å². The first-order chi connectivity index (χ1) is 8.52. The molecule has 1 unspecified atom stereocenters. The zero-order valence-corrected chi connectivity index (χ0v) is 11.5. The lowest BCUT2D eigenvalue weighted by atomic mass is 10.2. The predicted octanol–water partition coefficient (Wildman–Crippen LogP) is 3.07. The molecule has 0 aliphatic carbocycles. The van der Waals surface area contributed by atoms with E-state index in [1.54, 1.807) is 18.2 Å². The minimum atomic E-state index is -0.118. The van der Waals surface area contributed by atoms with Crippen molar-refractivity contribution in [2.75, 3.05) is 17.7 Å². The summed E-state index contributed by atoms with van der Waals surface area (Å²) in [6, 6.07) is 4.97. The van der Waals surface area contributed by atoms with Crippen molar-refractivity contribution in [3.8, 4) is 0 Å². The average molecular weight is 271 g/mol. The topological polar surface area (TPSA) is 64.3 Å². The Hall–Kier alpha value is -1.26. The third-order valence-electron chi connectivity index (χ3n) is 2.59. The Balaban J connectivity index is 2.40. The van der Waals surface area contributed by atoms with Crippen LogP contribution in [0, 0.1) is 0 Å². The molecule has 0 spiro atoms. The van der Waals surface area contributed by atoms with Crippen molar-refractivity contribution in [1.29, 1.82) is 0 Å². The predicted molar refractivity (Wildman–Crippen MR) is 74.8 cm³/mol. The molecule has 0 saturated carbocycles. The summed E-state index contributed by atoms with van der Waals surface area (Å²) < 4.78 is 5.44. The minimum absolute atomic E-state index is 0.118. The molecule has 0 heterocycles. The first kappa shape index (κ1) is 14.8. The lowest BCUT2D eigenvalue weighted by Gasteiger charge is -2.11. The van der Waals surface area contributed by atoms with Crippen molar-refractivity contribution in [2.45, 2.75) is 32.8 Å². The van der Waals surface area contributed by atoms with Crippen LogP contribution in [0.5, 0.6) is 0 Å². The van der Waals surface area contributed by atoms with E-state index in [2.05, 4.69) is 5.32 Å². The van der Waals surface area contributed by atoms with Gasteiger partial charge in [0.2, 0.25) is 5.91 Å². The molecule has 5 heteroatoms. The molecule has 4 nitrogen and oxygen atoms in total. The monoisotopic (exact) mass is 270 g/mol. The van der Waals surface area contributed by atoms with Crippen molar-refractivity contribution in [3.63, 3.8) is 0 Å². The number of ether oxygens (including phenoxy) is 1. The van der Waals surface area contributed by atoms with Gasteiger partial charge in [-0.1, -0.05) is 18.5 Å². The second-order valence-electron chi connectivity index (χ2n) is 4.12. The zero-order valence-electron chi connectivity index (χ0n) is 10.7. The molecule has 0 fully saturated rings. The van der Waals surface area contributed by atoms with Crippen LogP contribution in [0.25, 0.3) is 0 Å². The van der Waals surface area contributed by atoms with Crippen LogP contribution < -0.4 is 11.1 Å². The molecule has 1 amide bonds. The SMILES string of the molecule is CCC(C)OCCC(=O)Nc1ccc(Cl)cc1N. The van der Waals surface area contributed by atoms with Crippen LogP contribution in [0.2, 0.25) is 5.02 Å². The fraction of sp³-hybridized carbons (Fsp3) is 0.462. The largest absolute Gasteiger partial charge is 0.397 e. The number of hydrogen-bond donors (Lipinski definition) is 2. The molecule has 3 N–H and O–H groups in total. The summed E-state index contributed by atoms with van der Waals surface area (Å²) in [6.45, 7) is 4.43. The van der Waals surface area contributed by atoms with E-state index in [1.807, 2.05) is 13.8 Å². The van der Waals surface area contributed by atoms with E-state index >= 15 is 0 Å². The number of anilines is 2. The van der Waals surface area contributed by atoms with Crippen LogP contribution in [0.1, 0.15) is 26.7 Å². The van der Waals surface area contributed by atoms with E-state index in [1.165, 1.54) is 0 Å². The maximum absolute atomic E-state index is 11.6. The summed E-state index contributed by atoms with van der Waals surface area (Å²) in [7, 11) is 0. The van der Waals surface area contributed by atoms with Crippen molar-refractivity contribution in [2.24, 2.45) is 0 Å². The lowest BCUT2D eigenvalue weighted by Crippen LogP contribution is -2.17. The zero-order chi connectivity index (χ0) is 13.5. The Morgan fingerprint density at radius 1 is 1.56 bits per heavy atom. The van der Waals surface area contributed by atoms with Crippen LogP contribution >= 0.6 is 11.6 Å². The van der Waals surface area contributed by atoms with Gasteiger partial charge in [-0.2, -0.15) is 0 Å². The highest BCUT2D eigenvalue weighted by molar-refractivity contribution is 6.31. The standard InChI is InChI=1S/C13H19ClN2O2/c1-3-9(2)18-7-6-13(17)16-12-5-4-10(14)8-11(12)15/h4-5,8-9H,3,6-7,15H2,1-2H3,(H,16,17).